The van der Waals surface area contributed by atoms with Crippen molar-refractivity contribution >= 4 is 11.9 Å². The number of carbonyl (C=O) groups is 2. The van der Waals surface area contributed by atoms with Crippen LogP contribution < -0.4 is 5.32 Å². The fraction of sp³-hybridized carbons (Fsp3) is 0.467. The molecular weight excluding hydrogens is 277 g/mol. The number of esters is 1. The number of hydrogen-bond donors (Lipinski definition) is 1. The lowest BCUT2D eigenvalue weighted by Crippen LogP contribution is -2.47. The zero-order valence-electron chi connectivity index (χ0n) is 11.8. The van der Waals surface area contributed by atoms with Gasteiger partial charge in [-0.3, -0.25) is 4.79 Å². The van der Waals surface area contributed by atoms with Crippen molar-refractivity contribution in [1.29, 1.82) is 0 Å². The molecule has 0 radical (unpaired) electrons. The van der Waals surface area contributed by atoms with Crippen LogP contribution in [0.25, 0.3) is 0 Å². The van der Waals surface area contributed by atoms with Crippen molar-refractivity contribution in [2.75, 3.05) is 13.7 Å². The van der Waals surface area contributed by atoms with Gasteiger partial charge in [0, 0.05) is 13.0 Å². The van der Waals surface area contributed by atoms with Crippen molar-refractivity contribution in [3.8, 4) is 0 Å². The molecule has 1 fully saturated rings. The molecule has 1 aliphatic rings. The molecular formula is C15H18FNO4. The lowest BCUT2D eigenvalue weighted by Gasteiger charge is -2.19. The third-order valence-corrected chi connectivity index (χ3v) is 3.41. The first-order chi connectivity index (χ1) is 10.1. The second-order valence-electron chi connectivity index (χ2n) is 4.88. The zero-order chi connectivity index (χ0) is 15.2. The minimum absolute atomic E-state index is 0.0395. The first kappa shape index (κ1) is 15.4. The number of hydrogen-bond acceptors (Lipinski definition) is 4. The molecule has 1 heterocycles. The number of benzene rings is 1. The van der Waals surface area contributed by atoms with Crippen LogP contribution in [0, 0.1) is 5.82 Å². The minimum atomic E-state index is -0.927. The van der Waals surface area contributed by atoms with Gasteiger partial charge in [0.2, 0.25) is 5.91 Å². The molecule has 0 unspecified atom stereocenters. The maximum Gasteiger partial charge on any atom is 0.328 e. The van der Waals surface area contributed by atoms with Crippen LogP contribution in [0.15, 0.2) is 24.3 Å². The third-order valence-electron chi connectivity index (χ3n) is 3.41. The summed E-state index contributed by atoms with van der Waals surface area (Å²) in [7, 11) is 1.23. The van der Waals surface area contributed by atoms with E-state index in [9.17, 15) is 14.0 Å². The fourth-order valence-corrected chi connectivity index (χ4v) is 2.27. The molecule has 0 aromatic heterocycles. The van der Waals surface area contributed by atoms with Crippen LogP contribution in [-0.4, -0.2) is 37.7 Å². The van der Waals surface area contributed by atoms with E-state index >= 15 is 0 Å². The van der Waals surface area contributed by atoms with E-state index in [1.165, 1.54) is 13.2 Å². The Hall–Kier alpha value is -1.95. The van der Waals surface area contributed by atoms with Gasteiger partial charge in [0.05, 0.1) is 7.11 Å². The van der Waals surface area contributed by atoms with Crippen molar-refractivity contribution in [2.24, 2.45) is 0 Å². The fourth-order valence-electron chi connectivity index (χ4n) is 2.27. The van der Waals surface area contributed by atoms with Crippen molar-refractivity contribution in [3.63, 3.8) is 0 Å². The summed E-state index contributed by atoms with van der Waals surface area (Å²) in [4.78, 5) is 23.8. The molecule has 1 aromatic carbocycles. The maximum atomic E-state index is 13.7. The number of rotatable bonds is 5. The molecule has 1 aromatic rings. The Kier molecular flexibility index (Phi) is 5.27. The van der Waals surface area contributed by atoms with Gasteiger partial charge in [0.25, 0.3) is 0 Å². The number of amides is 1. The molecule has 114 valence electrons. The van der Waals surface area contributed by atoms with Crippen LogP contribution in [0.2, 0.25) is 0 Å². The summed E-state index contributed by atoms with van der Waals surface area (Å²) >= 11 is 0. The van der Waals surface area contributed by atoms with E-state index in [0.717, 1.165) is 6.42 Å². The average molecular weight is 295 g/mol. The Morgan fingerprint density at radius 2 is 2.24 bits per heavy atom. The zero-order valence-corrected chi connectivity index (χ0v) is 11.8. The standard InChI is InChI=1S/C15H18FNO4/c1-20-15(19)12(9-10-5-2-3-6-11(10)16)17-14(18)13-7-4-8-21-13/h2-3,5-6,12-13H,4,7-9H2,1H3,(H,17,18)/t12-,13+/m0/s1. The highest BCUT2D eigenvalue weighted by Crippen LogP contribution is 2.14. The van der Waals surface area contributed by atoms with Crippen LogP contribution in [0.3, 0.4) is 0 Å². The monoisotopic (exact) mass is 295 g/mol. The van der Waals surface area contributed by atoms with E-state index in [1.807, 2.05) is 0 Å². The summed E-state index contributed by atoms with van der Waals surface area (Å²) in [5.74, 6) is -1.39. The lowest BCUT2D eigenvalue weighted by atomic mass is 10.0. The Bertz CT molecular complexity index is 514. The van der Waals surface area contributed by atoms with Crippen molar-refractivity contribution in [3.05, 3.63) is 35.6 Å². The highest BCUT2D eigenvalue weighted by molar-refractivity contribution is 5.87. The minimum Gasteiger partial charge on any atom is -0.467 e. The molecule has 1 aliphatic heterocycles. The van der Waals surface area contributed by atoms with Crippen LogP contribution >= 0.6 is 0 Å². The molecule has 2 atom stereocenters. The van der Waals surface area contributed by atoms with E-state index in [2.05, 4.69) is 10.1 Å². The molecule has 0 spiro atoms. The number of ether oxygens (including phenoxy) is 2. The summed E-state index contributed by atoms with van der Waals surface area (Å²) in [6.07, 6.45) is 0.934. The first-order valence-corrected chi connectivity index (χ1v) is 6.85. The summed E-state index contributed by atoms with van der Waals surface area (Å²) < 4.78 is 23.6. The van der Waals surface area contributed by atoms with Gasteiger partial charge in [-0.15, -0.1) is 0 Å². The average Bonchev–Trinajstić information content (AvgIpc) is 3.02. The van der Waals surface area contributed by atoms with Gasteiger partial charge in [-0.1, -0.05) is 18.2 Å². The molecule has 5 nitrogen and oxygen atoms in total. The predicted octanol–water partition coefficient (Wildman–Crippen LogP) is 1.20. The van der Waals surface area contributed by atoms with Crippen LogP contribution in [-0.2, 0) is 25.5 Å². The molecule has 6 heteroatoms. The smallest absolute Gasteiger partial charge is 0.328 e. The van der Waals surface area contributed by atoms with Crippen molar-refractivity contribution in [2.45, 2.75) is 31.4 Å². The molecule has 1 saturated heterocycles. The first-order valence-electron chi connectivity index (χ1n) is 6.85. The number of nitrogens with one attached hydrogen (secondary N) is 1. The van der Waals surface area contributed by atoms with Crippen LogP contribution in [0.4, 0.5) is 4.39 Å². The van der Waals surface area contributed by atoms with Crippen molar-refractivity contribution < 1.29 is 23.5 Å². The van der Waals surface area contributed by atoms with Crippen LogP contribution in [0.5, 0.6) is 0 Å². The van der Waals surface area contributed by atoms with E-state index in [-0.39, 0.29) is 12.3 Å². The van der Waals surface area contributed by atoms with Gasteiger partial charge < -0.3 is 14.8 Å². The van der Waals surface area contributed by atoms with E-state index < -0.39 is 23.9 Å². The number of methoxy groups -OCH3 is 1. The van der Waals surface area contributed by atoms with Gasteiger partial charge in [-0.05, 0) is 24.5 Å². The Morgan fingerprint density at radius 1 is 1.48 bits per heavy atom. The van der Waals surface area contributed by atoms with E-state index in [1.54, 1.807) is 18.2 Å². The normalized spacial score (nSPS) is 19.0. The van der Waals surface area contributed by atoms with Gasteiger partial charge in [-0.2, -0.15) is 0 Å². The summed E-state index contributed by atoms with van der Waals surface area (Å²) in [6.45, 7) is 0.536. The van der Waals surface area contributed by atoms with E-state index in [0.29, 0.717) is 18.6 Å². The van der Waals surface area contributed by atoms with Crippen LogP contribution in [0.1, 0.15) is 18.4 Å². The molecule has 0 aliphatic carbocycles. The third kappa shape index (κ3) is 4.01. The maximum absolute atomic E-state index is 13.7. The highest BCUT2D eigenvalue weighted by Gasteiger charge is 2.29. The second kappa shape index (κ2) is 7.17. The largest absolute Gasteiger partial charge is 0.467 e. The second-order valence-corrected chi connectivity index (χ2v) is 4.88. The van der Waals surface area contributed by atoms with Gasteiger partial charge >= 0.3 is 5.97 Å². The molecule has 2 rings (SSSR count). The van der Waals surface area contributed by atoms with Gasteiger partial charge in [0.1, 0.15) is 18.0 Å². The van der Waals surface area contributed by atoms with E-state index in [4.69, 9.17) is 4.74 Å². The molecule has 1 N–H and O–H groups in total. The number of halogens is 1. The Morgan fingerprint density at radius 3 is 2.86 bits per heavy atom. The SMILES string of the molecule is COC(=O)[C@H](Cc1ccccc1F)NC(=O)[C@H]1CCCO1. The number of carbonyl (C=O) groups excluding carboxylic acids is 2. The van der Waals surface area contributed by atoms with Crippen molar-refractivity contribution in [1.82, 2.24) is 5.32 Å². The Balaban J connectivity index is 2.06. The molecule has 1 amide bonds. The summed E-state index contributed by atoms with van der Waals surface area (Å²) in [5, 5.41) is 2.58. The Labute approximate surface area is 122 Å². The lowest BCUT2D eigenvalue weighted by molar-refractivity contribution is -0.146. The summed E-state index contributed by atoms with van der Waals surface area (Å²) in [6, 6.07) is 5.20. The molecule has 21 heavy (non-hydrogen) atoms. The molecule has 0 bridgehead atoms. The highest BCUT2D eigenvalue weighted by atomic mass is 19.1. The summed E-state index contributed by atoms with van der Waals surface area (Å²) in [5.41, 5.74) is 0.348. The predicted molar refractivity (Wildman–Crippen MR) is 73.0 cm³/mol. The van der Waals surface area contributed by atoms with Gasteiger partial charge in [-0.25, -0.2) is 9.18 Å². The van der Waals surface area contributed by atoms with Gasteiger partial charge in [0.15, 0.2) is 0 Å². The quantitative estimate of drug-likeness (QED) is 0.829. The topological polar surface area (TPSA) is 64.6 Å². The molecule has 0 saturated carbocycles.